The van der Waals surface area contributed by atoms with E-state index in [1.165, 1.54) is 0 Å². The topological polar surface area (TPSA) is 66.7 Å². The average molecular weight is 348 g/mol. The monoisotopic (exact) mass is 348 g/mol. The maximum atomic E-state index is 12.7. The number of rotatable bonds is 4. The minimum atomic E-state index is -0.434. The Bertz CT molecular complexity index is 946. The van der Waals surface area contributed by atoms with Crippen LogP contribution in [-0.2, 0) is 16.0 Å². The summed E-state index contributed by atoms with van der Waals surface area (Å²) in [6, 6.07) is 13.4. The Balaban J connectivity index is 1.43. The Morgan fingerprint density at radius 2 is 2.04 bits per heavy atom. The maximum absolute atomic E-state index is 12.7. The van der Waals surface area contributed by atoms with Crippen molar-refractivity contribution in [2.24, 2.45) is 0 Å². The van der Waals surface area contributed by atoms with Gasteiger partial charge in [0.2, 0.25) is 11.8 Å². The van der Waals surface area contributed by atoms with Crippen molar-refractivity contribution in [3.8, 4) is 0 Å². The van der Waals surface area contributed by atoms with Crippen molar-refractivity contribution in [3.63, 3.8) is 0 Å². The molecule has 1 aliphatic heterocycles. The fourth-order valence-electron chi connectivity index (χ4n) is 3.42. The third-order valence-corrected chi connectivity index (χ3v) is 4.84. The quantitative estimate of drug-likeness (QED) is 0.786. The molecule has 0 spiro atoms. The molecule has 3 aromatic rings. The van der Waals surface area contributed by atoms with Crippen LogP contribution in [0.25, 0.3) is 5.65 Å². The first-order valence-electron chi connectivity index (χ1n) is 8.69. The van der Waals surface area contributed by atoms with Gasteiger partial charge in [0.05, 0.1) is 11.6 Å². The molecule has 0 radical (unpaired) electrons. The number of benzene rings is 1. The van der Waals surface area contributed by atoms with Crippen molar-refractivity contribution >= 4 is 23.1 Å². The summed E-state index contributed by atoms with van der Waals surface area (Å²) in [6.45, 7) is 0.491. The largest absolute Gasteiger partial charge is 0.355 e. The molecule has 0 saturated carbocycles. The van der Waals surface area contributed by atoms with Crippen molar-refractivity contribution in [1.82, 2.24) is 14.7 Å². The molecule has 6 nitrogen and oxygen atoms in total. The van der Waals surface area contributed by atoms with Crippen LogP contribution < -0.4 is 10.2 Å². The van der Waals surface area contributed by atoms with Crippen LogP contribution in [0, 0.1) is 0 Å². The lowest BCUT2D eigenvalue weighted by atomic mass is 9.89. The number of hydrogen-bond acceptors (Lipinski definition) is 3. The Morgan fingerprint density at radius 1 is 1.23 bits per heavy atom. The van der Waals surface area contributed by atoms with Gasteiger partial charge < -0.3 is 14.6 Å². The number of fused-ring (bicyclic) bond motifs is 2. The smallest absolute Gasteiger partial charge is 0.228 e. The van der Waals surface area contributed by atoms with Crippen LogP contribution in [-0.4, -0.2) is 34.8 Å². The second-order valence-corrected chi connectivity index (χ2v) is 6.51. The minimum Gasteiger partial charge on any atom is -0.355 e. The number of carbonyl (C=O) groups excluding carboxylic acids is 2. The summed E-state index contributed by atoms with van der Waals surface area (Å²) in [5, 5.41) is 2.96. The second kappa shape index (κ2) is 6.63. The number of hydrogen-bond donors (Lipinski definition) is 1. The van der Waals surface area contributed by atoms with Crippen LogP contribution in [0.2, 0.25) is 0 Å². The van der Waals surface area contributed by atoms with E-state index in [-0.39, 0.29) is 18.2 Å². The van der Waals surface area contributed by atoms with E-state index in [1.54, 1.807) is 11.9 Å². The predicted octanol–water partition coefficient (Wildman–Crippen LogP) is 2.14. The molecule has 0 unspecified atom stereocenters. The van der Waals surface area contributed by atoms with E-state index < -0.39 is 5.92 Å². The zero-order chi connectivity index (χ0) is 18.1. The van der Waals surface area contributed by atoms with E-state index in [4.69, 9.17) is 0 Å². The highest BCUT2D eigenvalue weighted by atomic mass is 16.2. The number of anilines is 1. The van der Waals surface area contributed by atoms with Gasteiger partial charge in [-0.3, -0.25) is 9.59 Å². The van der Waals surface area contributed by atoms with Crippen molar-refractivity contribution in [1.29, 1.82) is 0 Å². The molecule has 1 atom stereocenters. The van der Waals surface area contributed by atoms with Gasteiger partial charge in [0, 0.05) is 44.5 Å². The van der Waals surface area contributed by atoms with Gasteiger partial charge in [-0.1, -0.05) is 24.3 Å². The van der Waals surface area contributed by atoms with Crippen molar-refractivity contribution in [2.75, 3.05) is 18.5 Å². The molecular formula is C20H20N4O2. The van der Waals surface area contributed by atoms with E-state index in [0.29, 0.717) is 13.0 Å². The highest BCUT2D eigenvalue weighted by molar-refractivity contribution is 6.02. The lowest BCUT2D eigenvalue weighted by molar-refractivity contribution is -0.127. The molecule has 26 heavy (non-hydrogen) atoms. The van der Waals surface area contributed by atoms with Crippen LogP contribution in [0.5, 0.6) is 0 Å². The number of nitrogens with one attached hydrogen (secondary N) is 1. The standard InChI is InChI=1S/C20H20N4O2/c1-23-17-7-3-2-6-15(17)16(12-19(23)25)20(26)21-10-9-14-13-24-11-5-4-8-18(24)22-14/h2-8,11,13,16H,9-10,12H2,1H3,(H,21,26)/t16-/m0/s1. The van der Waals surface area contributed by atoms with E-state index >= 15 is 0 Å². The van der Waals surface area contributed by atoms with Crippen LogP contribution in [0.4, 0.5) is 5.69 Å². The molecule has 0 saturated heterocycles. The molecular weight excluding hydrogens is 328 g/mol. The fourth-order valence-corrected chi connectivity index (χ4v) is 3.42. The van der Waals surface area contributed by atoms with Crippen molar-refractivity contribution in [2.45, 2.75) is 18.8 Å². The summed E-state index contributed by atoms with van der Waals surface area (Å²) in [5.41, 5.74) is 3.53. The number of imidazole rings is 1. The van der Waals surface area contributed by atoms with E-state index in [0.717, 1.165) is 22.6 Å². The molecule has 4 rings (SSSR count). The van der Waals surface area contributed by atoms with Crippen molar-refractivity contribution < 1.29 is 9.59 Å². The molecule has 1 aromatic carbocycles. The first kappa shape index (κ1) is 16.3. The molecule has 0 bridgehead atoms. The number of para-hydroxylation sites is 1. The summed E-state index contributed by atoms with van der Waals surface area (Å²) in [7, 11) is 1.75. The molecule has 6 heteroatoms. The lowest BCUT2D eigenvalue weighted by Crippen LogP contribution is -2.39. The minimum absolute atomic E-state index is 0.0378. The van der Waals surface area contributed by atoms with Gasteiger partial charge in [0.15, 0.2) is 0 Å². The summed E-state index contributed by atoms with van der Waals surface area (Å²) in [4.78, 5) is 31.0. The third-order valence-electron chi connectivity index (χ3n) is 4.84. The number of amides is 2. The Hall–Kier alpha value is -3.15. The van der Waals surface area contributed by atoms with Crippen LogP contribution in [0.3, 0.4) is 0 Å². The zero-order valence-electron chi connectivity index (χ0n) is 14.6. The van der Waals surface area contributed by atoms with Gasteiger partial charge in [0.25, 0.3) is 0 Å². The van der Waals surface area contributed by atoms with Gasteiger partial charge in [0.1, 0.15) is 5.65 Å². The predicted molar refractivity (Wildman–Crippen MR) is 99.1 cm³/mol. The number of aromatic nitrogens is 2. The molecule has 2 aromatic heterocycles. The van der Waals surface area contributed by atoms with Gasteiger partial charge in [-0.2, -0.15) is 0 Å². The molecule has 2 amide bonds. The third kappa shape index (κ3) is 2.94. The number of carbonyl (C=O) groups is 2. The first-order valence-corrected chi connectivity index (χ1v) is 8.69. The second-order valence-electron chi connectivity index (χ2n) is 6.51. The molecule has 132 valence electrons. The van der Waals surface area contributed by atoms with E-state index in [9.17, 15) is 9.59 Å². The normalized spacial score (nSPS) is 16.6. The summed E-state index contributed by atoms with van der Waals surface area (Å²) >= 11 is 0. The molecule has 1 aliphatic rings. The summed E-state index contributed by atoms with van der Waals surface area (Å²) in [6.07, 6.45) is 4.77. The zero-order valence-corrected chi connectivity index (χ0v) is 14.6. The average Bonchev–Trinajstić information content (AvgIpc) is 3.07. The molecule has 1 N–H and O–H groups in total. The van der Waals surface area contributed by atoms with Crippen molar-refractivity contribution in [3.05, 3.63) is 66.1 Å². The van der Waals surface area contributed by atoms with Gasteiger partial charge in [-0.25, -0.2) is 4.98 Å². The Kier molecular flexibility index (Phi) is 4.16. The van der Waals surface area contributed by atoms with Crippen LogP contribution >= 0.6 is 0 Å². The van der Waals surface area contributed by atoms with Crippen LogP contribution in [0.15, 0.2) is 54.9 Å². The first-order chi connectivity index (χ1) is 12.6. The fraction of sp³-hybridized carbons (Fsp3) is 0.250. The molecule has 0 aliphatic carbocycles. The Labute approximate surface area is 151 Å². The molecule has 0 fully saturated rings. The van der Waals surface area contributed by atoms with Gasteiger partial charge in [-0.05, 0) is 23.8 Å². The number of pyridine rings is 1. The van der Waals surface area contributed by atoms with Crippen LogP contribution in [0.1, 0.15) is 23.6 Å². The van der Waals surface area contributed by atoms with E-state index in [2.05, 4.69) is 10.3 Å². The highest BCUT2D eigenvalue weighted by Gasteiger charge is 2.33. The summed E-state index contributed by atoms with van der Waals surface area (Å²) < 4.78 is 1.96. The van der Waals surface area contributed by atoms with Gasteiger partial charge in [-0.15, -0.1) is 0 Å². The maximum Gasteiger partial charge on any atom is 0.228 e. The van der Waals surface area contributed by atoms with E-state index in [1.807, 2.05) is 59.3 Å². The lowest BCUT2D eigenvalue weighted by Gasteiger charge is -2.30. The summed E-state index contributed by atoms with van der Waals surface area (Å²) in [5.74, 6) is -0.581. The Morgan fingerprint density at radius 3 is 2.88 bits per heavy atom. The van der Waals surface area contributed by atoms with Gasteiger partial charge >= 0.3 is 0 Å². The SMILES string of the molecule is CN1C(=O)C[C@H](C(=O)NCCc2cn3ccccc3n2)c2ccccc21. The number of nitrogens with zero attached hydrogens (tertiary/aromatic N) is 3. The molecule has 3 heterocycles. The highest BCUT2D eigenvalue weighted by Crippen LogP contribution is 2.35.